The Morgan fingerprint density at radius 1 is 1.56 bits per heavy atom. The van der Waals surface area contributed by atoms with Crippen LogP contribution in [0.15, 0.2) is 22.7 Å². The number of unbranched alkanes of at least 4 members (excludes halogenated alkanes) is 1. The predicted molar refractivity (Wildman–Crippen MR) is 63.7 cm³/mol. The molecule has 0 amide bonds. The van der Waals surface area contributed by atoms with Crippen molar-refractivity contribution < 1.29 is 9.53 Å². The highest BCUT2D eigenvalue weighted by atomic mass is 79.9. The summed E-state index contributed by atoms with van der Waals surface area (Å²) in [6, 6.07) is 6.86. The number of rotatable bonds is 4. The van der Waals surface area contributed by atoms with E-state index in [4.69, 9.17) is 15.7 Å². The minimum absolute atomic E-state index is 0.252. The lowest BCUT2D eigenvalue weighted by Gasteiger charge is -2.05. The number of hydrogen-bond acceptors (Lipinski definition) is 4. The highest BCUT2D eigenvalue weighted by Crippen LogP contribution is 2.20. The molecule has 0 bridgehead atoms. The van der Waals surface area contributed by atoms with E-state index in [0.29, 0.717) is 24.1 Å². The van der Waals surface area contributed by atoms with Crippen molar-refractivity contribution in [3.05, 3.63) is 28.2 Å². The van der Waals surface area contributed by atoms with Crippen LogP contribution in [0, 0.1) is 11.3 Å². The first kappa shape index (κ1) is 12.5. The number of nitrogens with zero attached hydrogens (tertiary/aromatic N) is 1. The monoisotopic (exact) mass is 282 g/mol. The van der Waals surface area contributed by atoms with E-state index in [2.05, 4.69) is 15.9 Å². The molecule has 5 heteroatoms. The number of carbonyl (C=O) groups excluding carboxylic acids is 1. The molecule has 16 heavy (non-hydrogen) atoms. The minimum Gasteiger partial charge on any atom is -0.462 e. The molecule has 0 aliphatic carbocycles. The van der Waals surface area contributed by atoms with E-state index in [1.165, 1.54) is 0 Å². The number of carbonyl (C=O) groups is 1. The molecule has 1 rings (SSSR count). The quantitative estimate of drug-likeness (QED) is 0.523. The summed E-state index contributed by atoms with van der Waals surface area (Å²) in [4.78, 5) is 11.5. The Morgan fingerprint density at radius 3 is 2.94 bits per heavy atom. The smallest absolute Gasteiger partial charge is 0.338 e. The fraction of sp³-hybridized carbons (Fsp3) is 0.273. The summed E-state index contributed by atoms with van der Waals surface area (Å²) in [5.74, 6) is -0.419. The van der Waals surface area contributed by atoms with E-state index in [9.17, 15) is 4.79 Å². The molecular weight excluding hydrogens is 272 g/mol. The lowest BCUT2D eigenvalue weighted by molar-refractivity contribution is 0.0502. The van der Waals surface area contributed by atoms with Gasteiger partial charge in [-0.3, -0.25) is 0 Å². The number of nitrogens with two attached hydrogens (primary N) is 1. The summed E-state index contributed by atoms with van der Waals surface area (Å²) in [6.45, 7) is 0.252. The Bertz CT molecular complexity index is 426. The van der Waals surface area contributed by atoms with Gasteiger partial charge in [-0.2, -0.15) is 5.26 Å². The number of benzene rings is 1. The predicted octanol–water partition coefficient (Wildman–Crippen LogP) is 2.49. The fourth-order valence-corrected chi connectivity index (χ4v) is 1.32. The van der Waals surface area contributed by atoms with Crippen LogP contribution in [0.25, 0.3) is 0 Å². The second-order valence-corrected chi connectivity index (χ2v) is 3.99. The van der Waals surface area contributed by atoms with Gasteiger partial charge in [0.2, 0.25) is 0 Å². The maximum absolute atomic E-state index is 11.5. The van der Waals surface area contributed by atoms with Gasteiger partial charge in [-0.05, 0) is 40.5 Å². The third-order valence-electron chi connectivity index (χ3n) is 1.90. The molecule has 0 aromatic heterocycles. The van der Waals surface area contributed by atoms with E-state index in [0.717, 1.165) is 4.47 Å². The SMILES string of the molecule is N#CCCCOC(=O)c1ccc(Br)c(N)c1. The third-order valence-corrected chi connectivity index (χ3v) is 2.62. The van der Waals surface area contributed by atoms with Crippen molar-refractivity contribution in [3.8, 4) is 6.07 Å². The van der Waals surface area contributed by atoms with E-state index in [1.807, 2.05) is 6.07 Å². The first-order valence-corrected chi connectivity index (χ1v) is 5.53. The lowest BCUT2D eigenvalue weighted by atomic mass is 10.2. The zero-order valence-electron chi connectivity index (χ0n) is 8.57. The highest BCUT2D eigenvalue weighted by Gasteiger charge is 2.08. The number of ether oxygens (including phenoxy) is 1. The molecule has 1 aromatic rings. The van der Waals surface area contributed by atoms with Crippen molar-refractivity contribution in [2.24, 2.45) is 0 Å². The van der Waals surface area contributed by atoms with Crippen LogP contribution in [0.2, 0.25) is 0 Å². The molecule has 0 saturated heterocycles. The molecule has 0 spiro atoms. The van der Waals surface area contributed by atoms with Crippen LogP contribution in [0.1, 0.15) is 23.2 Å². The van der Waals surface area contributed by atoms with Gasteiger partial charge in [-0.25, -0.2) is 4.79 Å². The van der Waals surface area contributed by atoms with E-state index in [-0.39, 0.29) is 6.61 Å². The zero-order chi connectivity index (χ0) is 12.0. The van der Waals surface area contributed by atoms with Gasteiger partial charge in [0, 0.05) is 16.6 Å². The van der Waals surface area contributed by atoms with Crippen LogP contribution in [-0.4, -0.2) is 12.6 Å². The van der Waals surface area contributed by atoms with Crippen molar-refractivity contribution in [1.29, 1.82) is 5.26 Å². The first-order chi connectivity index (χ1) is 7.65. The van der Waals surface area contributed by atoms with Gasteiger partial charge in [0.25, 0.3) is 0 Å². The van der Waals surface area contributed by atoms with Crippen LogP contribution in [0.4, 0.5) is 5.69 Å². The average molecular weight is 283 g/mol. The van der Waals surface area contributed by atoms with Crippen molar-refractivity contribution in [1.82, 2.24) is 0 Å². The van der Waals surface area contributed by atoms with E-state index in [1.54, 1.807) is 18.2 Å². The van der Waals surface area contributed by atoms with Crippen LogP contribution in [-0.2, 0) is 4.74 Å². The summed E-state index contributed by atoms with van der Waals surface area (Å²) >= 11 is 3.24. The van der Waals surface area contributed by atoms with Crippen LogP contribution in [0.3, 0.4) is 0 Å². The van der Waals surface area contributed by atoms with Crippen molar-refractivity contribution in [2.75, 3.05) is 12.3 Å². The number of nitriles is 1. The van der Waals surface area contributed by atoms with Crippen molar-refractivity contribution >= 4 is 27.6 Å². The van der Waals surface area contributed by atoms with E-state index >= 15 is 0 Å². The molecule has 4 nitrogen and oxygen atoms in total. The van der Waals surface area contributed by atoms with Gasteiger partial charge in [-0.15, -0.1) is 0 Å². The largest absolute Gasteiger partial charge is 0.462 e. The third kappa shape index (κ3) is 3.55. The summed E-state index contributed by atoms with van der Waals surface area (Å²) in [5, 5.41) is 8.30. The van der Waals surface area contributed by atoms with Crippen molar-refractivity contribution in [3.63, 3.8) is 0 Å². The maximum Gasteiger partial charge on any atom is 0.338 e. The van der Waals surface area contributed by atoms with Crippen LogP contribution >= 0.6 is 15.9 Å². The molecular formula is C11H11BrN2O2. The molecule has 1 aromatic carbocycles. The number of esters is 1. The summed E-state index contributed by atoms with van der Waals surface area (Å²) in [7, 11) is 0. The normalized spacial score (nSPS) is 9.50. The van der Waals surface area contributed by atoms with Crippen LogP contribution < -0.4 is 5.73 Å². The molecule has 0 aliphatic heterocycles. The average Bonchev–Trinajstić information content (AvgIpc) is 2.28. The second-order valence-electron chi connectivity index (χ2n) is 3.13. The molecule has 0 fully saturated rings. The summed E-state index contributed by atoms with van der Waals surface area (Å²) in [5.41, 5.74) is 6.54. The minimum atomic E-state index is -0.419. The molecule has 0 radical (unpaired) electrons. The van der Waals surface area contributed by atoms with Crippen LogP contribution in [0.5, 0.6) is 0 Å². The zero-order valence-corrected chi connectivity index (χ0v) is 10.2. The van der Waals surface area contributed by atoms with Gasteiger partial charge in [0.05, 0.1) is 18.2 Å². The Morgan fingerprint density at radius 2 is 2.31 bits per heavy atom. The highest BCUT2D eigenvalue weighted by molar-refractivity contribution is 9.10. The van der Waals surface area contributed by atoms with Gasteiger partial charge >= 0.3 is 5.97 Å². The van der Waals surface area contributed by atoms with Gasteiger partial charge in [0.15, 0.2) is 0 Å². The Labute approximate surface area is 102 Å². The molecule has 2 N–H and O–H groups in total. The molecule has 0 atom stereocenters. The molecule has 0 heterocycles. The maximum atomic E-state index is 11.5. The number of nitrogen functional groups attached to an aromatic ring is 1. The second kappa shape index (κ2) is 6.13. The molecule has 0 saturated carbocycles. The van der Waals surface area contributed by atoms with E-state index < -0.39 is 5.97 Å². The van der Waals surface area contributed by atoms with Crippen molar-refractivity contribution in [2.45, 2.75) is 12.8 Å². The van der Waals surface area contributed by atoms with Gasteiger partial charge < -0.3 is 10.5 Å². The Kier molecular flexibility index (Phi) is 4.80. The summed E-state index contributed by atoms with van der Waals surface area (Å²) in [6.07, 6.45) is 0.935. The topological polar surface area (TPSA) is 76.1 Å². The number of hydrogen-bond donors (Lipinski definition) is 1. The summed E-state index contributed by atoms with van der Waals surface area (Å²) < 4.78 is 5.71. The molecule has 84 valence electrons. The van der Waals surface area contributed by atoms with Gasteiger partial charge in [0.1, 0.15) is 0 Å². The first-order valence-electron chi connectivity index (χ1n) is 4.74. The molecule has 0 unspecified atom stereocenters. The standard InChI is InChI=1S/C11H11BrN2O2/c12-9-4-3-8(7-10(9)14)11(15)16-6-2-1-5-13/h3-4,7H,1-2,6,14H2. The molecule has 0 aliphatic rings. The Balaban J connectivity index is 2.53. The number of halogens is 1. The fourth-order valence-electron chi connectivity index (χ4n) is 1.07. The van der Waals surface area contributed by atoms with Gasteiger partial charge in [-0.1, -0.05) is 0 Å². The lowest BCUT2D eigenvalue weighted by Crippen LogP contribution is -2.07. The Hall–Kier alpha value is -1.54. The number of anilines is 1.